The van der Waals surface area contributed by atoms with Gasteiger partial charge in [0.05, 0.1) is 17.8 Å². The van der Waals surface area contributed by atoms with Gasteiger partial charge in [-0.2, -0.15) is 0 Å². The van der Waals surface area contributed by atoms with E-state index in [0.29, 0.717) is 23.0 Å². The molecule has 2 aromatic heterocycles. The zero-order chi connectivity index (χ0) is 22.9. The molecule has 1 fully saturated rings. The van der Waals surface area contributed by atoms with Crippen LogP contribution in [-0.2, 0) is 0 Å². The molecule has 0 saturated heterocycles. The average molecular weight is 444 g/mol. The standard InChI is InChI=1S/C25H29N7O/c1-4-20-25-29-27-16-31(25)21-14-26-23(28-24(21)32(20)18-12-8-9-13-18)19(15-30(2)3)22(33)17-10-6-5-7-11-17/h5-7,10-11,14-16,18,20H,4,8-9,12-13H2,1-3H3/b19-15+/t20-/m1/s1. The van der Waals surface area contributed by atoms with E-state index in [2.05, 4.69) is 27.0 Å². The molecule has 3 aromatic rings. The molecular formula is C25H29N7O. The first kappa shape index (κ1) is 21.3. The molecule has 1 aliphatic heterocycles. The number of ketones is 1. The van der Waals surface area contributed by atoms with Crippen molar-refractivity contribution in [3.05, 3.63) is 66.3 Å². The summed E-state index contributed by atoms with van der Waals surface area (Å²) in [5.41, 5.74) is 1.96. The zero-order valence-electron chi connectivity index (χ0n) is 19.3. The number of carbonyl (C=O) groups excluding carboxylic acids is 1. The number of aromatic nitrogens is 5. The van der Waals surface area contributed by atoms with E-state index in [1.165, 1.54) is 12.8 Å². The highest BCUT2D eigenvalue weighted by atomic mass is 16.1. The lowest BCUT2D eigenvalue weighted by atomic mass is 10.0. The number of hydrogen-bond donors (Lipinski definition) is 0. The van der Waals surface area contributed by atoms with E-state index in [4.69, 9.17) is 4.98 Å². The summed E-state index contributed by atoms with van der Waals surface area (Å²) < 4.78 is 1.99. The van der Waals surface area contributed by atoms with Crippen LogP contribution in [-0.4, -0.2) is 55.6 Å². The van der Waals surface area contributed by atoms with Crippen LogP contribution < -0.4 is 4.90 Å². The molecule has 0 radical (unpaired) electrons. The number of nitrogens with zero attached hydrogens (tertiary/aromatic N) is 7. The van der Waals surface area contributed by atoms with Crippen molar-refractivity contribution in [2.45, 2.75) is 51.1 Å². The lowest BCUT2D eigenvalue weighted by Gasteiger charge is -2.40. The fourth-order valence-electron chi connectivity index (χ4n) is 5.00. The quantitative estimate of drug-likeness (QED) is 0.420. The first-order valence-corrected chi connectivity index (χ1v) is 11.6. The van der Waals surface area contributed by atoms with Gasteiger partial charge in [-0.1, -0.05) is 50.1 Å². The summed E-state index contributed by atoms with van der Waals surface area (Å²) in [7, 11) is 3.80. The van der Waals surface area contributed by atoms with Gasteiger partial charge < -0.3 is 9.80 Å². The maximum Gasteiger partial charge on any atom is 0.198 e. The van der Waals surface area contributed by atoms with Crippen molar-refractivity contribution in [2.75, 3.05) is 19.0 Å². The molecule has 8 nitrogen and oxygen atoms in total. The van der Waals surface area contributed by atoms with Crippen molar-refractivity contribution in [1.82, 2.24) is 29.6 Å². The molecule has 8 heteroatoms. The van der Waals surface area contributed by atoms with Gasteiger partial charge in [0.25, 0.3) is 0 Å². The third-order valence-corrected chi connectivity index (χ3v) is 6.48. The second-order valence-electron chi connectivity index (χ2n) is 8.93. The largest absolute Gasteiger partial charge is 0.383 e. The number of anilines is 1. The molecule has 0 spiro atoms. The first-order valence-electron chi connectivity index (χ1n) is 11.6. The maximum absolute atomic E-state index is 13.5. The normalized spacial score (nSPS) is 18.2. The number of allylic oxidation sites excluding steroid dienone is 1. The van der Waals surface area contributed by atoms with Gasteiger partial charge in [0.2, 0.25) is 0 Å². The van der Waals surface area contributed by atoms with Crippen LogP contribution in [0.25, 0.3) is 11.3 Å². The molecule has 3 heterocycles. The van der Waals surface area contributed by atoms with E-state index in [1.54, 1.807) is 18.7 Å². The van der Waals surface area contributed by atoms with E-state index in [1.807, 2.05) is 53.9 Å². The maximum atomic E-state index is 13.5. The molecule has 0 amide bonds. The smallest absolute Gasteiger partial charge is 0.198 e. The fraction of sp³-hybridized carbons (Fsp3) is 0.400. The SMILES string of the molecule is CC[C@@H]1c2nncn2-c2cnc(/C(=C/N(C)C)C(=O)c3ccccc3)nc2N1C1CCCC1. The molecule has 0 unspecified atom stereocenters. The molecule has 1 aliphatic carbocycles. The van der Waals surface area contributed by atoms with Crippen molar-refractivity contribution in [3.8, 4) is 5.69 Å². The Morgan fingerprint density at radius 2 is 1.94 bits per heavy atom. The summed E-state index contributed by atoms with van der Waals surface area (Å²) in [4.78, 5) is 27.4. The van der Waals surface area contributed by atoms with Gasteiger partial charge in [-0.05, 0) is 19.3 Å². The van der Waals surface area contributed by atoms with Gasteiger partial charge in [-0.25, -0.2) is 9.97 Å². The van der Waals surface area contributed by atoms with Gasteiger partial charge in [0.1, 0.15) is 12.0 Å². The zero-order valence-corrected chi connectivity index (χ0v) is 19.3. The Labute approximate surface area is 194 Å². The number of benzene rings is 1. The molecule has 33 heavy (non-hydrogen) atoms. The summed E-state index contributed by atoms with van der Waals surface area (Å²) in [6.45, 7) is 2.18. The summed E-state index contributed by atoms with van der Waals surface area (Å²) in [6.07, 6.45) is 10.9. The molecule has 1 saturated carbocycles. The third-order valence-electron chi connectivity index (χ3n) is 6.48. The van der Waals surface area contributed by atoms with Gasteiger partial charge in [-0.15, -0.1) is 10.2 Å². The fourth-order valence-corrected chi connectivity index (χ4v) is 5.00. The van der Waals surface area contributed by atoms with Gasteiger partial charge in [0, 0.05) is 31.9 Å². The lowest BCUT2D eigenvalue weighted by Crippen LogP contribution is -2.42. The second kappa shape index (κ2) is 8.77. The van der Waals surface area contributed by atoms with E-state index in [0.717, 1.165) is 36.6 Å². The number of carbonyl (C=O) groups is 1. The summed E-state index contributed by atoms with van der Waals surface area (Å²) in [5.74, 6) is 2.13. The van der Waals surface area contributed by atoms with Gasteiger partial charge in [0.15, 0.2) is 23.2 Å². The second-order valence-corrected chi connectivity index (χ2v) is 8.93. The number of fused-ring (bicyclic) bond motifs is 3. The van der Waals surface area contributed by atoms with Gasteiger partial charge in [-0.3, -0.25) is 9.36 Å². The summed E-state index contributed by atoms with van der Waals surface area (Å²) >= 11 is 0. The van der Waals surface area contributed by atoms with Crippen LogP contribution in [0.4, 0.5) is 5.82 Å². The first-order chi connectivity index (χ1) is 16.1. The molecule has 2 aliphatic rings. The van der Waals surface area contributed by atoms with Crippen LogP contribution in [0.15, 0.2) is 49.1 Å². The van der Waals surface area contributed by atoms with Crippen LogP contribution in [0, 0.1) is 0 Å². The Morgan fingerprint density at radius 1 is 1.18 bits per heavy atom. The molecule has 1 atom stereocenters. The van der Waals surface area contributed by atoms with Crippen molar-refractivity contribution in [3.63, 3.8) is 0 Å². The topological polar surface area (TPSA) is 80.0 Å². The highest BCUT2D eigenvalue weighted by Crippen LogP contribution is 2.42. The number of Topliss-reactive ketones (excluding diaryl/α,β-unsaturated/α-hetero) is 1. The van der Waals surface area contributed by atoms with Crippen LogP contribution in [0.2, 0.25) is 0 Å². The van der Waals surface area contributed by atoms with Crippen LogP contribution in [0.1, 0.15) is 67.1 Å². The molecule has 0 N–H and O–H groups in total. The van der Waals surface area contributed by atoms with Crippen molar-refractivity contribution in [1.29, 1.82) is 0 Å². The molecule has 1 aromatic carbocycles. The molecule has 170 valence electrons. The molecular weight excluding hydrogens is 414 g/mol. The van der Waals surface area contributed by atoms with Crippen molar-refractivity contribution in [2.24, 2.45) is 0 Å². The minimum Gasteiger partial charge on any atom is -0.383 e. The van der Waals surface area contributed by atoms with Gasteiger partial charge >= 0.3 is 0 Å². The van der Waals surface area contributed by atoms with Crippen LogP contribution in [0.3, 0.4) is 0 Å². The Bertz CT molecular complexity index is 1180. The van der Waals surface area contributed by atoms with E-state index < -0.39 is 0 Å². The number of hydrogen-bond acceptors (Lipinski definition) is 7. The predicted octanol–water partition coefficient (Wildman–Crippen LogP) is 4.06. The lowest BCUT2D eigenvalue weighted by molar-refractivity contribution is 0.105. The van der Waals surface area contributed by atoms with Crippen molar-refractivity contribution < 1.29 is 4.79 Å². The van der Waals surface area contributed by atoms with Crippen LogP contribution >= 0.6 is 0 Å². The molecule has 5 rings (SSSR count). The predicted molar refractivity (Wildman–Crippen MR) is 127 cm³/mol. The summed E-state index contributed by atoms with van der Waals surface area (Å²) in [6, 6.07) is 9.79. The highest BCUT2D eigenvalue weighted by Gasteiger charge is 2.38. The Balaban J connectivity index is 1.65. The van der Waals surface area contributed by atoms with Crippen molar-refractivity contribution >= 4 is 17.2 Å². The van der Waals surface area contributed by atoms with E-state index in [-0.39, 0.29) is 11.8 Å². The minimum absolute atomic E-state index is 0.0931. The average Bonchev–Trinajstić information content (AvgIpc) is 3.54. The Hall–Kier alpha value is -3.55. The third kappa shape index (κ3) is 3.79. The molecule has 0 bridgehead atoms. The Kier molecular flexibility index (Phi) is 5.66. The Morgan fingerprint density at radius 3 is 2.64 bits per heavy atom. The van der Waals surface area contributed by atoms with E-state index >= 15 is 0 Å². The monoisotopic (exact) mass is 443 g/mol. The highest BCUT2D eigenvalue weighted by molar-refractivity contribution is 6.28. The van der Waals surface area contributed by atoms with Crippen LogP contribution in [0.5, 0.6) is 0 Å². The van der Waals surface area contributed by atoms with E-state index in [9.17, 15) is 4.79 Å². The minimum atomic E-state index is -0.0931. The number of rotatable bonds is 6. The summed E-state index contributed by atoms with van der Waals surface area (Å²) in [5, 5.41) is 8.62.